The van der Waals surface area contributed by atoms with Crippen molar-refractivity contribution < 1.29 is 14.3 Å². The van der Waals surface area contributed by atoms with Gasteiger partial charge in [0, 0.05) is 24.8 Å². The number of esters is 1. The van der Waals surface area contributed by atoms with Gasteiger partial charge in [-0.2, -0.15) is 0 Å². The second-order valence-corrected chi connectivity index (χ2v) is 3.80. The number of hydrogen-bond donors (Lipinski definition) is 3. The van der Waals surface area contributed by atoms with E-state index in [0.29, 0.717) is 29.8 Å². The van der Waals surface area contributed by atoms with Crippen molar-refractivity contribution >= 4 is 23.3 Å². The van der Waals surface area contributed by atoms with Crippen LogP contribution in [0, 0.1) is 0 Å². The minimum Gasteiger partial charge on any atom is -0.462 e. The van der Waals surface area contributed by atoms with E-state index in [1.807, 2.05) is 0 Å². The van der Waals surface area contributed by atoms with Gasteiger partial charge in [-0.3, -0.25) is 4.79 Å². The molecule has 0 bridgehead atoms. The molecule has 0 atom stereocenters. The van der Waals surface area contributed by atoms with E-state index in [1.54, 1.807) is 13.1 Å². The molecule has 0 aliphatic heterocycles. The number of carbonyl (C=O) groups is 2. The van der Waals surface area contributed by atoms with Gasteiger partial charge in [0.25, 0.3) is 0 Å². The normalized spacial score (nSPS) is 9.83. The topological polar surface area (TPSA) is 107 Å². The van der Waals surface area contributed by atoms with Crippen LogP contribution in [-0.4, -0.2) is 25.5 Å². The molecule has 0 aliphatic carbocycles. The lowest BCUT2D eigenvalue weighted by Crippen LogP contribution is -2.18. The van der Waals surface area contributed by atoms with Crippen molar-refractivity contribution in [2.75, 3.05) is 25.1 Å². The van der Waals surface area contributed by atoms with Crippen molar-refractivity contribution in [3.63, 3.8) is 0 Å². The smallest absolute Gasteiger partial charge is 0.338 e. The van der Waals surface area contributed by atoms with Crippen LogP contribution in [0.4, 0.5) is 11.4 Å². The van der Waals surface area contributed by atoms with Gasteiger partial charge in [-0.1, -0.05) is 0 Å². The summed E-state index contributed by atoms with van der Waals surface area (Å²) < 4.78 is 5.00. The van der Waals surface area contributed by atoms with Crippen LogP contribution in [0.1, 0.15) is 23.2 Å². The fraction of sp³-hybridized carbons (Fsp3) is 0.333. The van der Waals surface area contributed by atoms with Gasteiger partial charge in [-0.25, -0.2) is 4.79 Å². The van der Waals surface area contributed by atoms with Gasteiger partial charge in [0.2, 0.25) is 5.91 Å². The molecule has 0 aromatic heterocycles. The van der Waals surface area contributed by atoms with Crippen molar-refractivity contribution in [3.05, 3.63) is 23.8 Å². The zero-order valence-electron chi connectivity index (χ0n) is 10.2. The molecule has 0 fully saturated rings. The summed E-state index contributed by atoms with van der Waals surface area (Å²) in [6.07, 6.45) is 0.798. The van der Waals surface area contributed by atoms with Crippen LogP contribution >= 0.6 is 0 Å². The fourth-order valence-electron chi connectivity index (χ4n) is 1.40. The maximum Gasteiger partial charge on any atom is 0.338 e. The van der Waals surface area contributed by atoms with Crippen LogP contribution in [0.2, 0.25) is 0 Å². The predicted molar refractivity (Wildman–Crippen MR) is 68.9 cm³/mol. The zero-order chi connectivity index (χ0) is 13.5. The van der Waals surface area contributed by atoms with E-state index in [2.05, 4.69) is 5.32 Å². The van der Waals surface area contributed by atoms with Crippen molar-refractivity contribution in [1.29, 1.82) is 0 Å². The Labute approximate surface area is 105 Å². The number of carbonyl (C=O) groups excluding carboxylic acids is 2. The molecule has 0 unspecified atom stereocenters. The molecular weight excluding hydrogens is 234 g/mol. The van der Waals surface area contributed by atoms with E-state index >= 15 is 0 Å². The van der Waals surface area contributed by atoms with Crippen LogP contribution in [0.3, 0.4) is 0 Å². The SMILES string of the molecule is CNC(=O)CCCOC(=O)c1cc(N)cc(N)c1. The maximum absolute atomic E-state index is 11.6. The Morgan fingerprint density at radius 1 is 1.22 bits per heavy atom. The monoisotopic (exact) mass is 251 g/mol. The second kappa shape index (κ2) is 6.48. The first-order valence-electron chi connectivity index (χ1n) is 5.56. The molecule has 1 aromatic carbocycles. The number of nitrogen functional groups attached to an aromatic ring is 2. The highest BCUT2D eigenvalue weighted by Crippen LogP contribution is 2.14. The molecule has 6 nitrogen and oxygen atoms in total. The Bertz CT molecular complexity index is 426. The van der Waals surface area contributed by atoms with Gasteiger partial charge in [-0.05, 0) is 24.6 Å². The third-order valence-corrected chi connectivity index (χ3v) is 2.27. The van der Waals surface area contributed by atoms with Crippen molar-refractivity contribution in [1.82, 2.24) is 5.32 Å². The van der Waals surface area contributed by atoms with Crippen LogP contribution in [0.15, 0.2) is 18.2 Å². The zero-order valence-corrected chi connectivity index (χ0v) is 10.2. The third kappa shape index (κ3) is 4.32. The first-order chi connectivity index (χ1) is 8.52. The van der Waals surface area contributed by atoms with Crippen LogP contribution in [-0.2, 0) is 9.53 Å². The van der Waals surface area contributed by atoms with Crippen LogP contribution < -0.4 is 16.8 Å². The fourth-order valence-corrected chi connectivity index (χ4v) is 1.40. The molecule has 1 aromatic rings. The van der Waals surface area contributed by atoms with Crippen molar-refractivity contribution in [3.8, 4) is 0 Å². The number of amides is 1. The summed E-state index contributed by atoms with van der Waals surface area (Å²) in [5, 5.41) is 2.49. The van der Waals surface area contributed by atoms with Crippen LogP contribution in [0.5, 0.6) is 0 Å². The molecule has 0 radical (unpaired) electrons. The van der Waals surface area contributed by atoms with Gasteiger partial charge < -0.3 is 21.5 Å². The van der Waals surface area contributed by atoms with Gasteiger partial charge in [0.1, 0.15) is 0 Å². The minimum absolute atomic E-state index is 0.0840. The molecule has 1 amide bonds. The van der Waals surface area contributed by atoms with E-state index in [0.717, 1.165) is 0 Å². The molecule has 0 saturated heterocycles. The quantitative estimate of drug-likeness (QED) is 0.402. The number of anilines is 2. The van der Waals surface area contributed by atoms with Gasteiger partial charge in [-0.15, -0.1) is 0 Å². The lowest BCUT2D eigenvalue weighted by atomic mass is 10.2. The molecule has 6 heteroatoms. The molecule has 0 spiro atoms. The number of benzene rings is 1. The largest absolute Gasteiger partial charge is 0.462 e. The lowest BCUT2D eigenvalue weighted by molar-refractivity contribution is -0.120. The average Bonchev–Trinajstić information content (AvgIpc) is 2.32. The summed E-state index contributed by atoms with van der Waals surface area (Å²) in [5.74, 6) is -0.579. The molecule has 1 rings (SSSR count). The Balaban J connectivity index is 2.43. The molecule has 5 N–H and O–H groups in total. The molecular formula is C12H17N3O3. The third-order valence-electron chi connectivity index (χ3n) is 2.27. The summed E-state index contributed by atoms with van der Waals surface area (Å²) in [6, 6.07) is 4.55. The summed E-state index contributed by atoms with van der Waals surface area (Å²) in [5.41, 5.74) is 12.3. The van der Waals surface area contributed by atoms with E-state index in [-0.39, 0.29) is 12.5 Å². The average molecular weight is 251 g/mol. The lowest BCUT2D eigenvalue weighted by Gasteiger charge is -2.06. The van der Waals surface area contributed by atoms with Gasteiger partial charge in [0.15, 0.2) is 0 Å². The number of nitrogens with one attached hydrogen (secondary N) is 1. The highest BCUT2D eigenvalue weighted by atomic mass is 16.5. The highest BCUT2D eigenvalue weighted by Gasteiger charge is 2.09. The van der Waals surface area contributed by atoms with Gasteiger partial charge in [0.05, 0.1) is 12.2 Å². The highest BCUT2D eigenvalue weighted by molar-refractivity contribution is 5.91. The molecule has 0 heterocycles. The molecule has 98 valence electrons. The standard InChI is InChI=1S/C12H17N3O3/c1-15-11(16)3-2-4-18-12(17)8-5-9(13)7-10(14)6-8/h5-7H,2-4,13-14H2,1H3,(H,15,16). The first-order valence-corrected chi connectivity index (χ1v) is 5.56. The maximum atomic E-state index is 11.6. The van der Waals surface area contributed by atoms with Gasteiger partial charge >= 0.3 is 5.97 Å². The Hall–Kier alpha value is -2.24. The molecule has 0 aliphatic rings. The minimum atomic E-state index is -0.495. The number of nitrogens with two attached hydrogens (primary N) is 2. The number of ether oxygens (including phenoxy) is 1. The summed E-state index contributed by atoms with van der Waals surface area (Å²) in [7, 11) is 1.56. The second-order valence-electron chi connectivity index (χ2n) is 3.80. The predicted octanol–water partition coefficient (Wildman–Crippen LogP) is 0.534. The van der Waals surface area contributed by atoms with E-state index in [9.17, 15) is 9.59 Å². The van der Waals surface area contributed by atoms with Crippen LogP contribution in [0.25, 0.3) is 0 Å². The van der Waals surface area contributed by atoms with Crippen molar-refractivity contribution in [2.24, 2.45) is 0 Å². The first kappa shape index (κ1) is 13.8. The Morgan fingerprint density at radius 2 is 1.83 bits per heavy atom. The van der Waals surface area contributed by atoms with Crippen molar-refractivity contribution in [2.45, 2.75) is 12.8 Å². The molecule has 0 saturated carbocycles. The Kier molecular flexibility index (Phi) is 4.98. The molecule has 18 heavy (non-hydrogen) atoms. The van der Waals surface area contributed by atoms with E-state index in [1.165, 1.54) is 12.1 Å². The summed E-state index contributed by atoms with van der Waals surface area (Å²) in [4.78, 5) is 22.6. The van der Waals surface area contributed by atoms with E-state index < -0.39 is 5.97 Å². The summed E-state index contributed by atoms with van der Waals surface area (Å²) in [6.45, 7) is 0.182. The summed E-state index contributed by atoms with van der Waals surface area (Å²) >= 11 is 0. The number of hydrogen-bond acceptors (Lipinski definition) is 5. The number of rotatable bonds is 5. The van der Waals surface area contributed by atoms with E-state index in [4.69, 9.17) is 16.2 Å². The Morgan fingerprint density at radius 3 is 2.39 bits per heavy atom.